The first-order valence-electron chi connectivity index (χ1n) is 7.63. The molecule has 0 aromatic carbocycles. The Balaban J connectivity index is 0.00000288. The van der Waals surface area contributed by atoms with Gasteiger partial charge in [-0.3, -0.25) is 4.99 Å². The molecule has 2 aromatic rings. The molecule has 0 bridgehead atoms. The average molecular weight is 526 g/mol. The number of hydrogen-bond donors (Lipinski definition) is 1. The van der Waals surface area contributed by atoms with Crippen LogP contribution in [0.2, 0.25) is 0 Å². The molecule has 0 atom stereocenters. The fraction of sp³-hybridized carbons (Fsp3) is 0.500. The summed E-state index contributed by atoms with van der Waals surface area (Å²) in [5.41, 5.74) is 2.35. The van der Waals surface area contributed by atoms with Crippen LogP contribution in [0.4, 0.5) is 0 Å². The summed E-state index contributed by atoms with van der Waals surface area (Å²) in [7, 11) is 5.94. The predicted molar refractivity (Wildman–Crippen MR) is 117 cm³/mol. The minimum atomic E-state index is 0. The molecule has 2 rings (SSSR count). The second-order valence-electron chi connectivity index (χ2n) is 5.58. The monoisotopic (exact) mass is 525 g/mol. The van der Waals surface area contributed by atoms with E-state index in [0.29, 0.717) is 0 Å². The maximum Gasteiger partial charge on any atom is 0.193 e. The molecule has 8 heteroatoms. The van der Waals surface area contributed by atoms with Crippen molar-refractivity contribution in [3.05, 3.63) is 38.5 Å². The zero-order chi connectivity index (χ0) is 16.8. The summed E-state index contributed by atoms with van der Waals surface area (Å²) in [5, 5.41) is 6.74. The Morgan fingerprint density at radius 1 is 1.50 bits per heavy atom. The zero-order valence-electron chi connectivity index (χ0n) is 14.5. The lowest BCUT2D eigenvalue weighted by atomic mass is 10.3. The van der Waals surface area contributed by atoms with Crippen LogP contribution in [0.1, 0.15) is 22.8 Å². The third-order valence-electron chi connectivity index (χ3n) is 3.56. The topological polar surface area (TPSA) is 45.5 Å². The van der Waals surface area contributed by atoms with Gasteiger partial charge in [0.15, 0.2) is 5.96 Å². The van der Waals surface area contributed by atoms with E-state index in [1.54, 1.807) is 11.3 Å². The quantitative estimate of drug-likeness (QED) is 0.270. The second-order valence-corrected chi connectivity index (χ2v) is 7.44. The number of hydrogen-bond acceptors (Lipinski definition) is 3. The number of halogens is 2. The molecule has 24 heavy (non-hydrogen) atoms. The summed E-state index contributed by atoms with van der Waals surface area (Å²) >= 11 is 5.25. The van der Waals surface area contributed by atoms with E-state index >= 15 is 0 Å². The van der Waals surface area contributed by atoms with Crippen LogP contribution in [0.5, 0.6) is 0 Å². The van der Waals surface area contributed by atoms with Gasteiger partial charge in [-0.25, -0.2) is 4.98 Å². The highest BCUT2D eigenvalue weighted by molar-refractivity contribution is 14.0. The van der Waals surface area contributed by atoms with Crippen molar-refractivity contribution in [3.63, 3.8) is 0 Å². The highest BCUT2D eigenvalue weighted by Gasteiger charge is 2.09. The highest BCUT2D eigenvalue weighted by atomic mass is 127. The van der Waals surface area contributed by atoms with Gasteiger partial charge < -0.3 is 14.8 Å². The Morgan fingerprint density at radius 2 is 2.25 bits per heavy atom. The van der Waals surface area contributed by atoms with Crippen LogP contribution in [0.3, 0.4) is 0 Å². The molecule has 0 aliphatic rings. The largest absolute Gasteiger partial charge is 0.356 e. The predicted octanol–water partition coefficient (Wildman–Crippen LogP) is 3.81. The molecule has 2 aromatic heterocycles. The Morgan fingerprint density at radius 3 is 2.79 bits per heavy atom. The van der Waals surface area contributed by atoms with Crippen molar-refractivity contribution < 1.29 is 0 Å². The lowest BCUT2D eigenvalue weighted by Crippen LogP contribution is -2.39. The van der Waals surface area contributed by atoms with Gasteiger partial charge in [0.2, 0.25) is 0 Å². The molecule has 0 aliphatic carbocycles. The van der Waals surface area contributed by atoms with Crippen molar-refractivity contribution in [1.82, 2.24) is 19.8 Å². The van der Waals surface area contributed by atoms with Gasteiger partial charge >= 0.3 is 0 Å². The van der Waals surface area contributed by atoms with Crippen molar-refractivity contribution >= 4 is 57.2 Å². The van der Waals surface area contributed by atoms with E-state index in [4.69, 9.17) is 0 Å². The van der Waals surface area contributed by atoms with Gasteiger partial charge in [0, 0.05) is 61.5 Å². The van der Waals surface area contributed by atoms with Gasteiger partial charge in [-0.15, -0.1) is 35.3 Å². The first-order chi connectivity index (χ1) is 11.0. The molecule has 134 valence electrons. The molecule has 0 fully saturated rings. The Labute approximate surface area is 173 Å². The lowest BCUT2D eigenvalue weighted by molar-refractivity contribution is 0.461. The first kappa shape index (κ1) is 21.4. The Hall–Kier alpha value is -0.610. The van der Waals surface area contributed by atoms with Crippen molar-refractivity contribution in [2.75, 3.05) is 20.6 Å². The van der Waals surface area contributed by atoms with Crippen molar-refractivity contribution in [1.29, 1.82) is 0 Å². The molecule has 0 radical (unpaired) electrons. The molecule has 1 N–H and O–H groups in total. The van der Waals surface area contributed by atoms with E-state index in [9.17, 15) is 0 Å². The summed E-state index contributed by atoms with van der Waals surface area (Å²) in [6.45, 7) is 3.75. The maximum absolute atomic E-state index is 4.49. The summed E-state index contributed by atoms with van der Waals surface area (Å²) in [6, 6.07) is 2.13. The van der Waals surface area contributed by atoms with Gasteiger partial charge in [-0.1, -0.05) is 0 Å². The van der Waals surface area contributed by atoms with Crippen LogP contribution >= 0.6 is 51.2 Å². The summed E-state index contributed by atoms with van der Waals surface area (Å²) in [4.78, 5) is 11.0. The second kappa shape index (κ2) is 10.4. The number of aryl methyl sites for hydroxylation is 3. The van der Waals surface area contributed by atoms with Gasteiger partial charge in [-0.05, 0) is 35.3 Å². The molecule has 5 nitrogen and oxygen atoms in total. The number of guanidine groups is 1. The van der Waals surface area contributed by atoms with Crippen molar-refractivity contribution in [3.8, 4) is 0 Å². The van der Waals surface area contributed by atoms with Crippen molar-refractivity contribution in [2.45, 2.75) is 26.3 Å². The average Bonchev–Trinajstić information content (AvgIpc) is 3.04. The van der Waals surface area contributed by atoms with Gasteiger partial charge in [0.25, 0.3) is 0 Å². The Kier molecular flexibility index (Phi) is 9.28. The summed E-state index contributed by atoms with van der Waals surface area (Å²) in [5.74, 6) is 0.914. The lowest BCUT2D eigenvalue weighted by Gasteiger charge is -2.22. The van der Waals surface area contributed by atoms with Crippen LogP contribution in [0.15, 0.2) is 27.1 Å². The minimum absolute atomic E-state index is 0. The summed E-state index contributed by atoms with van der Waals surface area (Å²) in [6.07, 6.45) is 4.13. The molecule has 0 saturated carbocycles. The highest BCUT2D eigenvalue weighted by Crippen LogP contribution is 2.15. The molecule has 0 spiro atoms. The number of thiazole rings is 1. The van der Waals surface area contributed by atoms with Crippen molar-refractivity contribution in [2.24, 2.45) is 12.0 Å². The molecule has 0 saturated heterocycles. The van der Waals surface area contributed by atoms with E-state index in [-0.39, 0.29) is 24.0 Å². The van der Waals surface area contributed by atoms with Crippen LogP contribution in [-0.4, -0.2) is 41.1 Å². The number of nitrogens with zero attached hydrogens (tertiary/aromatic N) is 4. The van der Waals surface area contributed by atoms with Crippen LogP contribution in [-0.2, 0) is 20.0 Å². The van der Waals surface area contributed by atoms with E-state index in [2.05, 4.69) is 72.4 Å². The number of nitrogens with one attached hydrogen (secondary N) is 1. The fourth-order valence-corrected chi connectivity index (χ4v) is 3.77. The van der Waals surface area contributed by atoms with Gasteiger partial charge in [-0.2, -0.15) is 0 Å². The maximum atomic E-state index is 4.49. The third-order valence-corrected chi connectivity index (χ3v) is 5.02. The minimum Gasteiger partial charge on any atom is -0.356 e. The SMILES string of the molecule is CN=C(NCCCc1nc(C)cs1)N(C)Cc1cc(Br)cn1C.I. The smallest absolute Gasteiger partial charge is 0.193 e. The normalized spacial score (nSPS) is 11.3. The molecular weight excluding hydrogens is 501 g/mol. The van der Waals surface area contributed by atoms with Crippen LogP contribution < -0.4 is 5.32 Å². The molecular formula is C16H25BrIN5S. The van der Waals surface area contributed by atoms with Gasteiger partial charge in [0.1, 0.15) is 0 Å². The zero-order valence-corrected chi connectivity index (χ0v) is 19.3. The molecule has 2 heterocycles. The Bertz CT molecular complexity index is 667. The van der Waals surface area contributed by atoms with E-state index in [0.717, 1.165) is 42.1 Å². The van der Waals surface area contributed by atoms with E-state index in [1.165, 1.54) is 10.7 Å². The number of rotatable bonds is 6. The first-order valence-corrected chi connectivity index (χ1v) is 9.30. The van der Waals surface area contributed by atoms with Crippen LogP contribution in [0.25, 0.3) is 0 Å². The van der Waals surface area contributed by atoms with E-state index < -0.39 is 0 Å². The molecule has 0 amide bonds. The molecule has 0 aliphatic heterocycles. The number of aromatic nitrogens is 2. The van der Waals surface area contributed by atoms with Crippen LogP contribution in [0, 0.1) is 6.92 Å². The van der Waals surface area contributed by atoms with E-state index in [1.807, 2.05) is 14.0 Å². The summed E-state index contributed by atoms with van der Waals surface area (Å²) < 4.78 is 3.23. The third kappa shape index (κ3) is 6.36. The van der Waals surface area contributed by atoms with Gasteiger partial charge in [0.05, 0.1) is 11.6 Å². The number of aliphatic imine (C=N–C) groups is 1. The standard InChI is InChI=1S/C16H24BrN5S.HI/c1-12-11-23-15(20-12)6-5-7-19-16(18-2)22(4)10-14-8-13(17)9-21(14)3;/h8-9,11H,5-7,10H2,1-4H3,(H,18,19);1H. The fourth-order valence-electron chi connectivity index (χ4n) is 2.38. The molecule has 0 unspecified atom stereocenters.